The molecular formula is C30H32N6O9. The summed E-state index contributed by atoms with van der Waals surface area (Å²) in [4.78, 5) is 80.2. The molecule has 3 amide bonds. The monoisotopic (exact) mass is 620 g/mol. The summed E-state index contributed by atoms with van der Waals surface area (Å²) in [5, 5.41) is 36.7. The standard InChI is InChI=1S/C30H32N6O9/c31-19(9-15-13-32-20-7-3-1-5-17(15)20)27(41)34-22(11-25(37)38)28(42)35-23(12-26(39)40)29(43)36-24(30(44)45)10-16-14-33-21-8-4-2-6-18(16)21/h1-8,13-14,19,22-24,32-33H,9-12,31H2,(H,34,41)(H,35,42)(H,36,43)(H,37,38)(H,39,40)(H,44,45). The lowest BCUT2D eigenvalue weighted by Crippen LogP contribution is -2.58. The van der Waals surface area contributed by atoms with E-state index in [0.717, 1.165) is 21.8 Å². The maximum atomic E-state index is 13.1. The molecule has 0 saturated carbocycles. The van der Waals surface area contributed by atoms with Gasteiger partial charge in [0.2, 0.25) is 17.7 Å². The van der Waals surface area contributed by atoms with Crippen LogP contribution in [0.1, 0.15) is 24.0 Å². The molecule has 4 rings (SSSR count). The lowest BCUT2D eigenvalue weighted by atomic mass is 10.0. The first-order valence-electron chi connectivity index (χ1n) is 13.9. The van der Waals surface area contributed by atoms with E-state index in [4.69, 9.17) is 5.73 Å². The molecule has 2 aromatic heterocycles. The summed E-state index contributed by atoms with van der Waals surface area (Å²) < 4.78 is 0. The van der Waals surface area contributed by atoms with E-state index in [1.54, 1.807) is 36.7 Å². The van der Waals surface area contributed by atoms with Crippen molar-refractivity contribution < 1.29 is 44.1 Å². The summed E-state index contributed by atoms with van der Waals surface area (Å²) in [6.07, 6.45) is 1.30. The average molecular weight is 621 g/mol. The molecular weight excluding hydrogens is 588 g/mol. The first-order chi connectivity index (χ1) is 21.4. The van der Waals surface area contributed by atoms with Crippen LogP contribution in [0.4, 0.5) is 0 Å². The molecule has 15 nitrogen and oxygen atoms in total. The van der Waals surface area contributed by atoms with Gasteiger partial charge in [-0.25, -0.2) is 4.79 Å². The van der Waals surface area contributed by atoms with Crippen LogP contribution in [0.3, 0.4) is 0 Å². The van der Waals surface area contributed by atoms with Crippen LogP contribution < -0.4 is 21.7 Å². The number of aliphatic carboxylic acids is 3. The minimum absolute atomic E-state index is 0.0499. The van der Waals surface area contributed by atoms with Crippen LogP contribution in [0.5, 0.6) is 0 Å². The van der Waals surface area contributed by atoms with Crippen molar-refractivity contribution in [1.82, 2.24) is 25.9 Å². The summed E-state index contributed by atoms with van der Waals surface area (Å²) in [5.74, 6) is -7.53. The van der Waals surface area contributed by atoms with Gasteiger partial charge in [-0.05, 0) is 29.7 Å². The van der Waals surface area contributed by atoms with Crippen molar-refractivity contribution in [2.45, 2.75) is 49.9 Å². The number of para-hydroxylation sites is 2. The fourth-order valence-corrected chi connectivity index (χ4v) is 4.94. The molecule has 15 heteroatoms. The topological polar surface area (TPSA) is 257 Å². The molecule has 0 aliphatic heterocycles. The van der Waals surface area contributed by atoms with Gasteiger partial charge in [-0.1, -0.05) is 36.4 Å². The summed E-state index contributed by atoms with van der Waals surface area (Å²) in [6, 6.07) is 8.18. The third kappa shape index (κ3) is 8.23. The summed E-state index contributed by atoms with van der Waals surface area (Å²) in [6.45, 7) is 0. The highest BCUT2D eigenvalue weighted by atomic mass is 16.4. The van der Waals surface area contributed by atoms with Crippen molar-refractivity contribution in [2.75, 3.05) is 0 Å². The van der Waals surface area contributed by atoms with E-state index in [9.17, 15) is 44.1 Å². The van der Waals surface area contributed by atoms with Gasteiger partial charge in [0.1, 0.15) is 18.1 Å². The molecule has 0 aliphatic rings. The zero-order valence-electron chi connectivity index (χ0n) is 23.8. The molecule has 0 saturated heterocycles. The summed E-state index contributed by atoms with van der Waals surface area (Å²) in [5.41, 5.74) is 8.91. The van der Waals surface area contributed by atoms with Gasteiger partial charge in [0.25, 0.3) is 0 Å². The molecule has 0 bridgehead atoms. The van der Waals surface area contributed by atoms with Crippen molar-refractivity contribution in [2.24, 2.45) is 5.73 Å². The fraction of sp³-hybridized carbons (Fsp3) is 0.267. The van der Waals surface area contributed by atoms with Gasteiger partial charge in [-0.2, -0.15) is 0 Å². The molecule has 0 aliphatic carbocycles. The number of benzene rings is 2. The van der Waals surface area contributed by atoms with E-state index in [2.05, 4.69) is 25.9 Å². The van der Waals surface area contributed by atoms with Gasteiger partial charge >= 0.3 is 17.9 Å². The number of carboxylic acids is 3. The first kappa shape index (κ1) is 32.2. The molecule has 4 atom stereocenters. The Hall–Kier alpha value is -5.70. The van der Waals surface area contributed by atoms with Crippen molar-refractivity contribution in [3.63, 3.8) is 0 Å². The van der Waals surface area contributed by atoms with Crippen LogP contribution in [-0.2, 0) is 41.6 Å². The van der Waals surface area contributed by atoms with Gasteiger partial charge in [0, 0.05) is 40.6 Å². The number of carboxylic acid groups (broad SMARTS) is 3. The highest BCUT2D eigenvalue weighted by Crippen LogP contribution is 2.20. The van der Waals surface area contributed by atoms with Gasteiger partial charge in [0.05, 0.1) is 18.9 Å². The number of aromatic amines is 2. The number of nitrogens with one attached hydrogen (secondary N) is 5. The second-order valence-electron chi connectivity index (χ2n) is 10.5. The summed E-state index contributed by atoms with van der Waals surface area (Å²) in [7, 11) is 0. The van der Waals surface area contributed by atoms with Crippen LogP contribution in [0.2, 0.25) is 0 Å². The number of carbonyl (C=O) groups excluding carboxylic acids is 3. The molecule has 236 valence electrons. The predicted molar refractivity (Wildman–Crippen MR) is 160 cm³/mol. The van der Waals surface area contributed by atoms with Crippen molar-refractivity contribution in [1.29, 1.82) is 0 Å². The van der Waals surface area contributed by atoms with Crippen LogP contribution in [-0.4, -0.2) is 85.1 Å². The van der Waals surface area contributed by atoms with Crippen LogP contribution in [0.25, 0.3) is 21.8 Å². The Kier molecular flexibility index (Phi) is 10.2. The number of carbonyl (C=O) groups is 6. The molecule has 4 aromatic rings. The van der Waals surface area contributed by atoms with Gasteiger partial charge in [0.15, 0.2) is 0 Å². The molecule has 2 heterocycles. The predicted octanol–water partition coefficient (Wildman–Crippen LogP) is 0.250. The second kappa shape index (κ2) is 14.2. The Morgan fingerprint density at radius 1 is 0.622 bits per heavy atom. The number of nitrogens with two attached hydrogens (primary N) is 1. The SMILES string of the molecule is NC(Cc1c[nH]c2ccccc12)C(=O)NC(CC(=O)O)C(=O)NC(CC(=O)O)C(=O)NC(Cc1c[nH]c2ccccc12)C(=O)O. The van der Waals surface area contributed by atoms with Crippen molar-refractivity contribution in [3.05, 3.63) is 72.1 Å². The third-order valence-electron chi connectivity index (χ3n) is 7.19. The van der Waals surface area contributed by atoms with E-state index in [0.29, 0.717) is 11.1 Å². The van der Waals surface area contributed by atoms with Crippen LogP contribution in [0.15, 0.2) is 60.9 Å². The zero-order valence-corrected chi connectivity index (χ0v) is 23.8. The minimum Gasteiger partial charge on any atom is -0.481 e. The van der Waals surface area contributed by atoms with E-state index in [1.807, 2.05) is 24.3 Å². The smallest absolute Gasteiger partial charge is 0.326 e. The maximum Gasteiger partial charge on any atom is 0.326 e. The Morgan fingerprint density at radius 2 is 1.04 bits per heavy atom. The highest BCUT2D eigenvalue weighted by Gasteiger charge is 2.33. The molecule has 2 aromatic carbocycles. The molecule has 0 spiro atoms. The quantitative estimate of drug-likeness (QED) is 0.0875. The van der Waals surface area contributed by atoms with E-state index < -0.39 is 72.6 Å². The van der Waals surface area contributed by atoms with Crippen LogP contribution >= 0.6 is 0 Å². The minimum atomic E-state index is -1.80. The Labute approximate surface area is 255 Å². The normalized spacial score (nSPS) is 13.8. The highest BCUT2D eigenvalue weighted by molar-refractivity contribution is 5.97. The molecule has 0 radical (unpaired) electrons. The van der Waals surface area contributed by atoms with E-state index >= 15 is 0 Å². The Bertz CT molecular complexity index is 1750. The lowest BCUT2D eigenvalue weighted by molar-refractivity contribution is -0.145. The number of hydrogen-bond donors (Lipinski definition) is 9. The Balaban J connectivity index is 1.45. The maximum absolute atomic E-state index is 13.1. The number of hydrogen-bond acceptors (Lipinski definition) is 7. The fourth-order valence-electron chi connectivity index (χ4n) is 4.94. The van der Waals surface area contributed by atoms with Crippen LogP contribution in [0, 0.1) is 0 Å². The molecule has 0 fully saturated rings. The molecule has 45 heavy (non-hydrogen) atoms. The largest absolute Gasteiger partial charge is 0.481 e. The number of rotatable bonds is 15. The number of H-pyrrole nitrogens is 2. The zero-order chi connectivity index (χ0) is 32.7. The van der Waals surface area contributed by atoms with Gasteiger partial charge in [-0.3, -0.25) is 24.0 Å². The second-order valence-corrected chi connectivity index (χ2v) is 10.5. The van der Waals surface area contributed by atoms with Gasteiger partial charge in [-0.15, -0.1) is 0 Å². The number of aromatic nitrogens is 2. The molecule has 4 unspecified atom stereocenters. The van der Waals surface area contributed by atoms with Crippen molar-refractivity contribution >= 4 is 57.4 Å². The summed E-state index contributed by atoms with van der Waals surface area (Å²) >= 11 is 0. The third-order valence-corrected chi connectivity index (χ3v) is 7.19. The Morgan fingerprint density at radius 3 is 1.51 bits per heavy atom. The molecule has 10 N–H and O–H groups in total. The number of fused-ring (bicyclic) bond motifs is 2. The van der Waals surface area contributed by atoms with Gasteiger partial charge < -0.3 is 47.0 Å². The van der Waals surface area contributed by atoms with E-state index in [1.165, 1.54) is 0 Å². The first-order valence-corrected chi connectivity index (χ1v) is 13.9. The van der Waals surface area contributed by atoms with Crippen molar-refractivity contribution in [3.8, 4) is 0 Å². The lowest BCUT2D eigenvalue weighted by Gasteiger charge is -2.24. The number of amides is 3. The average Bonchev–Trinajstić information content (AvgIpc) is 3.59. The van der Waals surface area contributed by atoms with E-state index in [-0.39, 0.29) is 12.8 Å².